The Morgan fingerprint density at radius 1 is 1.07 bits per heavy atom. The van der Waals surface area contributed by atoms with Gasteiger partial charge in [-0.1, -0.05) is 40.9 Å². The van der Waals surface area contributed by atoms with E-state index in [-0.39, 0.29) is 19.0 Å². The Morgan fingerprint density at radius 3 is 2.44 bits per heavy atom. The van der Waals surface area contributed by atoms with Crippen molar-refractivity contribution in [2.24, 2.45) is 0 Å². The molecule has 2 aromatic rings. The van der Waals surface area contributed by atoms with Gasteiger partial charge in [0.25, 0.3) is 0 Å². The van der Waals surface area contributed by atoms with E-state index >= 15 is 0 Å². The van der Waals surface area contributed by atoms with Crippen molar-refractivity contribution in [3.05, 3.63) is 56.5 Å². The highest BCUT2D eigenvalue weighted by molar-refractivity contribution is 6.35. The Hall–Kier alpha value is -0.880. The summed E-state index contributed by atoms with van der Waals surface area (Å²) in [7, 11) is 0. The summed E-state index contributed by atoms with van der Waals surface area (Å²) in [6, 6.07) is 8.94. The van der Waals surface area contributed by atoms with Crippen molar-refractivity contribution in [3.8, 4) is 11.5 Å². The van der Waals surface area contributed by atoms with Gasteiger partial charge < -0.3 is 32.3 Å². The summed E-state index contributed by atoms with van der Waals surface area (Å²) < 4.78 is 11.6. The minimum Gasteiger partial charge on any atom is -1.00 e. The Bertz CT molecular complexity index is 741. The predicted molar refractivity (Wildman–Crippen MR) is 107 cm³/mol. The Kier molecular flexibility index (Phi) is 10.6. The van der Waals surface area contributed by atoms with Crippen LogP contribution in [-0.2, 0) is 13.2 Å². The maximum atomic E-state index is 9.33. The lowest BCUT2D eigenvalue weighted by Gasteiger charge is -2.16. The number of rotatable bonds is 9. The topological polar surface area (TPSA) is 50.7 Å². The third kappa shape index (κ3) is 7.57. The molecule has 27 heavy (non-hydrogen) atoms. The van der Waals surface area contributed by atoms with Crippen LogP contribution in [0.1, 0.15) is 25.0 Å². The van der Waals surface area contributed by atoms with Crippen molar-refractivity contribution < 1.29 is 27.0 Å². The number of aliphatic hydroxyl groups is 1. The molecule has 0 saturated heterocycles. The summed E-state index contributed by atoms with van der Waals surface area (Å²) >= 11 is 18.5. The molecule has 0 fully saturated rings. The Labute approximate surface area is 181 Å². The van der Waals surface area contributed by atoms with Gasteiger partial charge in [0.15, 0.2) is 11.5 Å². The van der Waals surface area contributed by atoms with Crippen LogP contribution in [0.2, 0.25) is 15.1 Å². The highest BCUT2D eigenvalue weighted by atomic mass is 35.5. The van der Waals surface area contributed by atoms with Crippen LogP contribution in [0, 0.1) is 0 Å². The molecule has 0 aromatic heterocycles. The molecule has 1 unspecified atom stereocenters. The normalized spacial score (nSPS) is 11.6. The first-order valence-electron chi connectivity index (χ1n) is 8.31. The Balaban J connectivity index is 0.00000364. The standard InChI is InChI=1S/C19H22Cl3NO3.ClH/c1-3-25-18-7-13(10-23-9-12(2)24)6-17(22)19(18)26-11-14-4-5-15(20)8-16(14)21;/h4-8,12,23-24H,3,9-11H2,1-2H3;1H/p-1. The zero-order valence-corrected chi connectivity index (χ0v) is 18.1. The zero-order valence-electron chi connectivity index (χ0n) is 15.1. The molecule has 2 rings (SSSR count). The van der Waals surface area contributed by atoms with E-state index in [0.29, 0.717) is 46.3 Å². The highest BCUT2D eigenvalue weighted by Gasteiger charge is 2.14. The summed E-state index contributed by atoms with van der Waals surface area (Å²) in [6.45, 7) is 5.41. The van der Waals surface area contributed by atoms with E-state index in [1.165, 1.54) is 0 Å². The van der Waals surface area contributed by atoms with Gasteiger partial charge in [-0.3, -0.25) is 0 Å². The molecule has 0 radical (unpaired) electrons. The first kappa shape index (κ1) is 24.2. The van der Waals surface area contributed by atoms with Gasteiger partial charge in [-0.15, -0.1) is 0 Å². The number of hydrogen-bond donors (Lipinski definition) is 2. The van der Waals surface area contributed by atoms with Crippen LogP contribution < -0.4 is 27.2 Å². The molecule has 0 heterocycles. The van der Waals surface area contributed by atoms with E-state index in [1.54, 1.807) is 19.1 Å². The fourth-order valence-corrected chi connectivity index (χ4v) is 3.09. The molecular weight excluding hydrogens is 432 g/mol. The van der Waals surface area contributed by atoms with Crippen LogP contribution in [0.15, 0.2) is 30.3 Å². The molecule has 0 saturated carbocycles. The predicted octanol–water partition coefficient (Wildman–Crippen LogP) is 2.10. The van der Waals surface area contributed by atoms with E-state index in [2.05, 4.69) is 5.32 Å². The molecule has 0 aliphatic rings. The van der Waals surface area contributed by atoms with Crippen molar-refractivity contribution in [1.82, 2.24) is 5.32 Å². The van der Waals surface area contributed by atoms with E-state index in [0.717, 1.165) is 11.1 Å². The van der Waals surface area contributed by atoms with Crippen molar-refractivity contribution >= 4 is 34.8 Å². The molecule has 0 aliphatic heterocycles. The van der Waals surface area contributed by atoms with Gasteiger partial charge in [0.1, 0.15) is 6.61 Å². The van der Waals surface area contributed by atoms with E-state index in [1.807, 2.05) is 25.1 Å². The summed E-state index contributed by atoms with van der Waals surface area (Å²) in [4.78, 5) is 0. The second kappa shape index (κ2) is 11.8. The van der Waals surface area contributed by atoms with Crippen LogP contribution in [-0.4, -0.2) is 24.4 Å². The fourth-order valence-electron chi connectivity index (χ4n) is 2.34. The maximum Gasteiger partial charge on any atom is 0.180 e. The van der Waals surface area contributed by atoms with Crippen LogP contribution in [0.5, 0.6) is 11.5 Å². The first-order chi connectivity index (χ1) is 12.4. The summed E-state index contributed by atoms with van der Waals surface area (Å²) in [5, 5.41) is 14.0. The minimum atomic E-state index is -0.413. The number of hydrogen-bond acceptors (Lipinski definition) is 4. The lowest BCUT2D eigenvalue weighted by Crippen LogP contribution is -3.00. The van der Waals surface area contributed by atoms with Gasteiger partial charge in [0.2, 0.25) is 0 Å². The van der Waals surface area contributed by atoms with Gasteiger partial charge in [-0.2, -0.15) is 0 Å². The number of benzene rings is 2. The smallest absolute Gasteiger partial charge is 0.180 e. The largest absolute Gasteiger partial charge is 1.00 e. The quantitative estimate of drug-likeness (QED) is 0.610. The molecule has 0 bridgehead atoms. The fraction of sp³-hybridized carbons (Fsp3) is 0.368. The van der Waals surface area contributed by atoms with Crippen LogP contribution in [0.4, 0.5) is 0 Å². The van der Waals surface area contributed by atoms with Crippen molar-refractivity contribution in [3.63, 3.8) is 0 Å². The van der Waals surface area contributed by atoms with Crippen LogP contribution >= 0.6 is 34.8 Å². The second-order valence-corrected chi connectivity index (χ2v) is 7.09. The molecule has 4 nitrogen and oxygen atoms in total. The summed E-state index contributed by atoms with van der Waals surface area (Å²) in [6.07, 6.45) is -0.413. The second-order valence-electron chi connectivity index (χ2n) is 5.84. The minimum absolute atomic E-state index is 0. The number of ether oxygens (including phenoxy) is 2. The molecule has 2 aromatic carbocycles. The van der Waals surface area contributed by atoms with E-state index in [9.17, 15) is 5.11 Å². The molecule has 8 heteroatoms. The monoisotopic (exact) mass is 452 g/mol. The molecule has 150 valence electrons. The third-order valence-electron chi connectivity index (χ3n) is 3.53. The SMILES string of the molecule is CCOc1cc(CNCC(C)O)cc(Cl)c1OCc1ccc(Cl)cc1Cl.[Cl-]. The number of aliphatic hydroxyl groups excluding tert-OH is 1. The number of nitrogens with one attached hydrogen (secondary N) is 1. The van der Waals surface area contributed by atoms with Gasteiger partial charge in [-0.05, 0) is 43.7 Å². The average Bonchev–Trinajstić information content (AvgIpc) is 2.55. The van der Waals surface area contributed by atoms with E-state index < -0.39 is 6.10 Å². The Morgan fingerprint density at radius 2 is 1.81 bits per heavy atom. The average molecular weight is 454 g/mol. The summed E-state index contributed by atoms with van der Waals surface area (Å²) in [5.41, 5.74) is 1.74. The molecule has 0 aliphatic carbocycles. The first-order valence-corrected chi connectivity index (χ1v) is 9.44. The van der Waals surface area contributed by atoms with Crippen LogP contribution in [0.25, 0.3) is 0 Å². The molecule has 0 spiro atoms. The van der Waals surface area contributed by atoms with Crippen molar-refractivity contribution in [2.45, 2.75) is 33.1 Å². The van der Waals surface area contributed by atoms with Crippen molar-refractivity contribution in [2.75, 3.05) is 13.2 Å². The van der Waals surface area contributed by atoms with E-state index in [4.69, 9.17) is 44.3 Å². The van der Waals surface area contributed by atoms with Gasteiger partial charge >= 0.3 is 0 Å². The van der Waals surface area contributed by atoms with Crippen LogP contribution in [0.3, 0.4) is 0 Å². The lowest BCUT2D eigenvalue weighted by atomic mass is 10.2. The third-order valence-corrected chi connectivity index (χ3v) is 4.39. The van der Waals surface area contributed by atoms with Gasteiger partial charge in [-0.25, -0.2) is 0 Å². The maximum absolute atomic E-state index is 9.33. The van der Waals surface area contributed by atoms with Gasteiger partial charge in [0, 0.05) is 28.7 Å². The molecule has 0 amide bonds. The lowest BCUT2D eigenvalue weighted by molar-refractivity contribution is -0.00000808. The summed E-state index contributed by atoms with van der Waals surface area (Å²) in [5.74, 6) is 1.04. The van der Waals surface area contributed by atoms with Gasteiger partial charge in [0.05, 0.1) is 17.7 Å². The zero-order chi connectivity index (χ0) is 19.1. The molecular formula is C19H22Cl4NO3-. The number of halogens is 4. The molecule has 1 atom stereocenters. The molecule has 2 N–H and O–H groups in total. The highest BCUT2D eigenvalue weighted by Crippen LogP contribution is 2.37. The van der Waals surface area contributed by atoms with Crippen molar-refractivity contribution in [1.29, 1.82) is 0 Å².